The first kappa shape index (κ1) is 16.0. The Morgan fingerprint density at radius 2 is 1.77 bits per heavy atom. The molecule has 0 atom stereocenters. The zero-order chi connectivity index (χ0) is 15.9. The van der Waals surface area contributed by atoms with E-state index in [-0.39, 0.29) is 36.6 Å². The van der Waals surface area contributed by atoms with E-state index in [0.29, 0.717) is 25.9 Å². The molecule has 0 aromatic heterocycles. The third kappa shape index (κ3) is 4.58. The van der Waals surface area contributed by atoms with Crippen LogP contribution in [0.4, 0.5) is 0 Å². The van der Waals surface area contributed by atoms with Crippen molar-refractivity contribution >= 4 is 17.7 Å². The van der Waals surface area contributed by atoms with Crippen molar-refractivity contribution in [2.45, 2.75) is 19.3 Å². The van der Waals surface area contributed by atoms with Crippen molar-refractivity contribution in [3.63, 3.8) is 0 Å². The lowest BCUT2D eigenvalue weighted by atomic mass is 9.96. The maximum Gasteiger partial charge on any atom is 0.241 e. The number of primary amides is 1. The second-order valence-corrected chi connectivity index (χ2v) is 5.50. The van der Waals surface area contributed by atoms with E-state index in [1.54, 1.807) is 4.90 Å². The molecule has 1 aliphatic rings. The summed E-state index contributed by atoms with van der Waals surface area (Å²) in [6.07, 6.45) is 1.45. The van der Waals surface area contributed by atoms with E-state index in [9.17, 15) is 14.4 Å². The van der Waals surface area contributed by atoms with Gasteiger partial charge in [0, 0.05) is 19.0 Å². The van der Waals surface area contributed by atoms with Crippen LogP contribution in [-0.2, 0) is 20.8 Å². The molecule has 0 aliphatic carbocycles. The summed E-state index contributed by atoms with van der Waals surface area (Å²) in [6.45, 7) is 1.02. The van der Waals surface area contributed by atoms with Crippen molar-refractivity contribution in [1.29, 1.82) is 0 Å². The van der Waals surface area contributed by atoms with Gasteiger partial charge >= 0.3 is 0 Å². The maximum absolute atomic E-state index is 12.0. The van der Waals surface area contributed by atoms with Gasteiger partial charge in [-0.2, -0.15) is 0 Å². The van der Waals surface area contributed by atoms with E-state index in [2.05, 4.69) is 5.32 Å². The highest BCUT2D eigenvalue weighted by atomic mass is 16.2. The highest BCUT2D eigenvalue weighted by Crippen LogP contribution is 2.16. The molecule has 0 unspecified atom stereocenters. The SMILES string of the molecule is NC(=O)C1CCN(C(=O)CNC(=O)Cc2ccccc2)CC1. The highest BCUT2D eigenvalue weighted by molar-refractivity contribution is 5.86. The van der Waals surface area contributed by atoms with Crippen molar-refractivity contribution < 1.29 is 14.4 Å². The second kappa shape index (κ2) is 7.59. The Hall–Kier alpha value is -2.37. The molecular formula is C16H21N3O3. The summed E-state index contributed by atoms with van der Waals surface area (Å²) in [7, 11) is 0. The van der Waals surface area contributed by atoms with Crippen LogP contribution < -0.4 is 11.1 Å². The van der Waals surface area contributed by atoms with Gasteiger partial charge in [0.1, 0.15) is 0 Å². The average Bonchev–Trinajstić information content (AvgIpc) is 2.53. The first-order valence-electron chi connectivity index (χ1n) is 7.44. The summed E-state index contributed by atoms with van der Waals surface area (Å²) in [4.78, 5) is 36.6. The number of nitrogens with zero attached hydrogens (tertiary/aromatic N) is 1. The number of hydrogen-bond acceptors (Lipinski definition) is 3. The minimum absolute atomic E-state index is 0.00704. The number of likely N-dealkylation sites (tertiary alicyclic amines) is 1. The van der Waals surface area contributed by atoms with E-state index in [1.807, 2.05) is 30.3 Å². The van der Waals surface area contributed by atoms with Gasteiger partial charge in [-0.1, -0.05) is 30.3 Å². The fourth-order valence-corrected chi connectivity index (χ4v) is 2.54. The summed E-state index contributed by atoms with van der Waals surface area (Å²) in [6, 6.07) is 9.37. The fraction of sp³-hybridized carbons (Fsp3) is 0.438. The molecular weight excluding hydrogens is 282 g/mol. The Morgan fingerprint density at radius 1 is 1.14 bits per heavy atom. The number of carbonyl (C=O) groups excluding carboxylic acids is 3. The largest absolute Gasteiger partial charge is 0.369 e. The summed E-state index contributed by atoms with van der Waals surface area (Å²) in [5.74, 6) is -0.740. The molecule has 0 radical (unpaired) electrons. The normalized spacial score (nSPS) is 15.4. The summed E-state index contributed by atoms with van der Waals surface area (Å²) in [5, 5.41) is 2.64. The Bertz CT molecular complexity index is 537. The average molecular weight is 303 g/mol. The van der Waals surface area contributed by atoms with Crippen LogP contribution in [0.1, 0.15) is 18.4 Å². The van der Waals surface area contributed by atoms with Crippen molar-refractivity contribution in [2.75, 3.05) is 19.6 Å². The number of hydrogen-bond donors (Lipinski definition) is 2. The number of benzene rings is 1. The Balaban J connectivity index is 1.72. The fourth-order valence-electron chi connectivity index (χ4n) is 2.54. The molecule has 0 saturated carbocycles. The first-order chi connectivity index (χ1) is 10.6. The van der Waals surface area contributed by atoms with Crippen molar-refractivity contribution in [2.24, 2.45) is 11.7 Å². The molecule has 1 heterocycles. The Labute approximate surface area is 129 Å². The molecule has 1 saturated heterocycles. The number of nitrogens with two attached hydrogens (primary N) is 1. The molecule has 0 spiro atoms. The highest BCUT2D eigenvalue weighted by Gasteiger charge is 2.25. The zero-order valence-electron chi connectivity index (χ0n) is 12.5. The standard InChI is InChI=1S/C16H21N3O3/c17-16(22)13-6-8-19(9-7-13)15(21)11-18-14(20)10-12-4-2-1-3-5-12/h1-5,13H,6-11H2,(H2,17,22)(H,18,20). The van der Waals surface area contributed by atoms with E-state index in [4.69, 9.17) is 5.73 Å². The molecule has 118 valence electrons. The smallest absolute Gasteiger partial charge is 0.241 e. The predicted molar refractivity (Wildman–Crippen MR) is 81.7 cm³/mol. The molecule has 6 heteroatoms. The van der Waals surface area contributed by atoms with Crippen LogP contribution in [0, 0.1) is 5.92 Å². The molecule has 0 bridgehead atoms. The lowest BCUT2D eigenvalue weighted by Gasteiger charge is -2.30. The van der Waals surface area contributed by atoms with Gasteiger partial charge in [-0.15, -0.1) is 0 Å². The number of carbonyl (C=O) groups is 3. The third-order valence-corrected chi connectivity index (χ3v) is 3.89. The number of nitrogens with one attached hydrogen (secondary N) is 1. The van der Waals surface area contributed by atoms with Crippen LogP contribution in [0.25, 0.3) is 0 Å². The summed E-state index contributed by atoms with van der Waals surface area (Å²) < 4.78 is 0. The maximum atomic E-state index is 12.0. The molecule has 6 nitrogen and oxygen atoms in total. The quantitative estimate of drug-likeness (QED) is 0.806. The van der Waals surface area contributed by atoms with Crippen LogP contribution >= 0.6 is 0 Å². The Kier molecular flexibility index (Phi) is 5.52. The van der Waals surface area contributed by atoms with Gasteiger partial charge in [0.15, 0.2) is 0 Å². The lowest BCUT2D eigenvalue weighted by Crippen LogP contribution is -2.46. The van der Waals surface area contributed by atoms with Crippen LogP contribution in [0.3, 0.4) is 0 Å². The van der Waals surface area contributed by atoms with Crippen LogP contribution in [0.5, 0.6) is 0 Å². The van der Waals surface area contributed by atoms with Gasteiger partial charge in [0.05, 0.1) is 13.0 Å². The number of amides is 3. The molecule has 3 amide bonds. The van der Waals surface area contributed by atoms with Crippen molar-refractivity contribution in [3.05, 3.63) is 35.9 Å². The molecule has 1 aromatic rings. The minimum atomic E-state index is -0.303. The van der Waals surface area contributed by atoms with E-state index >= 15 is 0 Å². The first-order valence-corrected chi connectivity index (χ1v) is 7.44. The number of piperidine rings is 1. The molecule has 1 aliphatic heterocycles. The molecule has 1 fully saturated rings. The van der Waals surface area contributed by atoms with Crippen molar-refractivity contribution in [3.8, 4) is 0 Å². The Morgan fingerprint density at radius 3 is 2.36 bits per heavy atom. The zero-order valence-corrected chi connectivity index (χ0v) is 12.5. The van der Waals surface area contributed by atoms with Gasteiger partial charge in [-0.05, 0) is 18.4 Å². The van der Waals surface area contributed by atoms with Gasteiger partial charge in [0.2, 0.25) is 17.7 Å². The van der Waals surface area contributed by atoms with Gasteiger partial charge < -0.3 is 16.0 Å². The van der Waals surface area contributed by atoms with E-state index in [0.717, 1.165) is 5.56 Å². The number of rotatable bonds is 5. The van der Waals surface area contributed by atoms with Gasteiger partial charge in [-0.3, -0.25) is 14.4 Å². The van der Waals surface area contributed by atoms with Crippen LogP contribution in [0.2, 0.25) is 0 Å². The second-order valence-electron chi connectivity index (χ2n) is 5.50. The lowest BCUT2D eigenvalue weighted by molar-refractivity contribution is -0.135. The predicted octanol–water partition coefficient (Wildman–Crippen LogP) is 0.0692. The van der Waals surface area contributed by atoms with Crippen molar-refractivity contribution in [1.82, 2.24) is 10.2 Å². The third-order valence-electron chi connectivity index (χ3n) is 3.89. The molecule has 1 aromatic carbocycles. The van der Waals surface area contributed by atoms with E-state index < -0.39 is 0 Å². The molecule has 2 rings (SSSR count). The van der Waals surface area contributed by atoms with E-state index in [1.165, 1.54) is 0 Å². The topological polar surface area (TPSA) is 92.5 Å². The van der Waals surface area contributed by atoms with Crippen LogP contribution in [0.15, 0.2) is 30.3 Å². The summed E-state index contributed by atoms with van der Waals surface area (Å²) in [5.41, 5.74) is 6.17. The van der Waals surface area contributed by atoms with Gasteiger partial charge in [0.25, 0.3) is 0 Å². The van der Waals surface area contributed by atoms with Gasteiger partial charge in [-0.25, -0.2) is 0 Å². The monoisotopic (exact) mass is 303 g/mol. The minimum Gasteiger partial charge on any atom is -0.369 e. The molecule has 3 N–H and O–H groups in total. The molecule has 22 heavy (non-hydrogen) atoms. The summed E-state index contributed by atoms with van der Waals surface area (Å²) >= 11 is 0. The van der Waals surface area contributed by atoms with Crippen LogP contribution in [-0.4, -0.2) is 42.3 Å².